The second-order valence-electron chi connectivity index (χ2n) is 8.46. The molecule has 1 aromatic rings. The first-order valence-corrected chi connectivity index (χ1v) is 9.93. The van der Waals surface area contributed by atoms with Crippen LogP contribution in [0.2, 0.25) is 0 Å². The van der Waals surface area contributed by atoms with Crippen molar-refractivity contribution in [2.75, 3.05) is 18.4 Å². The molecule has 0 radical (unpaired) electrons. The van der Waals surface area contributed by atoms with Crippen LogP contribution < -0.4 is 10.1 Å². The Morgan fingerprint density at radius 3 is 2.10 bits per heavy atom. The van der Waals surface area contributed by atoms with Crippen LogP contribution in [0.15, 0.2) is 24.3 Å². The number of hydrogen-bond acceptors (Lipinski definition) is 5. The Hall–Kier alpha value is -2.78. The van der Waals surface area contributed by atoms with Gasteiger partial charge in [-0.05, 0) is 44.0 Å². The third-order valence-electron chi connectivity index (χ3n) is 4.77. The quantitative estimate of drug-likeness (QED) is 0.700. The fraction of sp³-hybridized carbons (Fsp3) is 0.571. The molecular weight excluding hydrogens is 417 g/mol. The summed E-state index contributed by atoms with van der Waals surface area (Å²) in [6, 6.07) is 4.61. The van der Waals surface area contributed by atoms with E-state index in [0.717, 1.165) is 12.1 Å². The summed E-state index contributed by atoms with van der Waals surface area (Å²) in [4.78, 5) is 38.7. The predicted molar refractivity (Wildman–Crippen MR) is 106 cm³/mol. The maximum atomic E-state index is 12.4. The molecule has 1 N–H and O–H groups in total. The molecule has 0 spiro atoms. The number of halogens is 3. The monoisotopic (exact) mass is 444 g/mol. The van der Waals surface area contributed by atoms with Gasteiger partial charge in [0.15, 0.2) is 6.10 Å². The molecule has 7 nitrogen and oxygen atoms in total. The summed E-state index contributed by atoms with van der Waals surface area (Å²) in [5.74, 6) is -1.92. The van der Waals surface area contributed by atoms with Crippen LogP contribution >= 0.6 is 0 Å². The third-order valence-corrected chi connectivity index (χ3v) is 4.77. The fourth-order valence-electron chi connectivity index (χ4n) is 3.10. The Balaban J connectivity index is 1.82. The molecule has 31 heavy (non-hydrogen) atoms. The van der Waals surface area contributed by atoms with Gasteiger partial charge < -0.3 is 19.7 Å². The molecule has 1 aliphatic rings. The van der Waals surface area contributed by atoms with Crippen molar-refractivity contribution >= 4 is 23.5 Å². The molecule has 0 aromatic heterocycles. The fourth-order valence-corrected chi connectivity index (χ4v) is 3.10. The van der Waals surface area contributed by atoms with E-state index >= 15 is 0 Å². The first-order chi connectivity index (χ1) is 14.3. The Kier molecular flexibility index (Phi) is 7.56. The second kappa shape index (κ2) is 9.57. The number of ether oxygens (including phenoxy) is 2. The number of esters is 1. The van der Waals surface area contributed by atoms with Crippen molar-refractivity contribution in [3.8, 4) is 5.75 Å². The first kappa shape index (κ1) is 24.5. The molecule has 0 unspecified atom stereocenters. The summed E-state index contributed by atoms with van der Waals surface area (Å²) in [6.07, 6.45) is -4.98. The third kappa shape index (κ3) is 7.45. The van der Waals surface area contributed by atoms with E-state index in [1.54, 1.807) is 4.90 Å². The predicted octanol–water partition coefficient (Wildman–Crippen LogP) is 3.74. The van der Waals surface area contributed by atoms with Crippen molar-refractivity contribution in [3.05, 3.63) is 24.3 Å². The van der Waals surface area contributed by atoms with E-state index in [4.69, 9.17) is 4.74 Å². The summed E-state index contributed by atoms with van der Waals surface area (Å²) in [7, 11) is 0. The minimum atomic E-state index is -4.80. The zero-order valence-corrected chi connectivity index (χ0v) is 17.9. The SMILES string of the molecule is C[C@H](OC(=O)C1CCN(C(=O)C(C)(C)C)CC1)C(=O)Nc1ccc(OC(F)(F)F)cc1. The molecule has 10 heteroatoms. The average molecular weight is 444 g/mol. The van der Waals surface area contributed by atoms with E-state index in [2.05, 4.69) is 10.1 Å². The Labute approximate surface area is 178 Å². The molecular formula is C21H27F3N2O5. The molecule has 1 atom stereocenters. The van der Waals surface area contributed by atoms with Crippen LogP contribution in [-0.2, 0) is 19.1 Å². The zero-order chi connectivity index (χ0) is 23.4. The lowest BCUT2D eigenvalue weighted by molar-refractivity contribution is -0.274. The molecule has 0 bridgehead atoms. The zero-order valence-electron chi connectivity index (χ0n) is 17.9. The van der Waals surface area contributed by atoms with Gasteiger partial charge in [0.05, 0.1) is 5.92 Å². The minimum Gasteiger partial charge on any atom is -0.452 e. The van der Waals surface area contributed by atoms with Crippen LogP contribution in [0.1, 0.15) is 40.5 Å². The number of carbonyl (C=O) groups is 3. The molecule has 1 heterocycles. The van der Waals surface area contributed by atoms with Crippen LogP contribution in [0, 0.1) is 11.3 Å². The van der Waals surface area contributed by atoms with Crippen LogP contribution in [0.5, 0.6) is 5.75 Å². The number of nitrogens with zero attached hydrogens (tertiary/aromatic N) is 1. The number of likely N-dealkylation sites (tertiary alicyclic amines) is 1. The lowest BCUT2D eigenvalue weighted by Crippen LogP contribution is -2.45. The van der Waals surface area contributed by atoms with Crippen LogP contribution in [0.3, 0.4) is 0 Å². The number of nitrogens with one attached hydrogen (secondary N) is 1. The topological polar surface area (TPSA) is 84.9 Å². The van der Waals surface area contributed by atoms with Gasteiger partial charge in [-0.1, -0.05) is 20.8 Å². The Morgan fingerprint density at radius 2 is 1.61 bits per heavy atom. The highest BCUT2D eigenvalue weighted by Crippen LogP contribution is 2.26. The number of amides is 2. The van der Waals surface area contributed by atoms with Gasteiger partial charge in [0.25, 0.3) is 5.91 Å². The maximum absolute atomic E-state index is 12.4. The number of alkyl halides is 3. The van der Waals surface area contributed by atoms with E-state index in [0.29, 0.717) is 25.9 Å². The minimum absolute atomic E-state index is 0.0266. The van der Waals surface area contributed by atoms with Gasteiger partial charge >= 0.3 is 12.3 Å². The number of anilines is 1. The average Bonchev–Trinajstić information content (AvgIpc) is 2.67. The van der Waals surface area contributed by atoms with E-state index < -0.39 is 41.4 Å². The normalized spacial score (nSPS) is 16.4. The molecule has 2 rings (SSSR count). The van der Waals surface area contributed by atoms with Crippen molar-refractivity contribution in [2.24, 2.45) is 11.3 Å². The van der Waals surface area contributed by atoms with Crippen molar-refractivity contribution < 1.29 is 37.0 Å². The van der Waals surface area contributed by atoms with Crippen molar-refractivity contribution in [1.29, 1.82) is 0 Å². The number of benzene rings is 1. The van der Waals surface area contributed by atoms with Crippen molar-refractivity contribution in [3.63, 3.8) is 0 Å². The van der Waals surface area contributed by atoms with Gasteiger partial charge in [0.1, 0.15) is 5.75 Å². The first-order valence-electron chi connectivity index (χ1n) is 9.93. The Morgan fingerprint density at radius 1 is 1.06 bits per heavy atom. The highest BCUT2D eigenvalue weighted by Gasteiger charge is 2.34. The molecule has 0 saturated carbocycles. The highest BCUT2D eigenvalue weighted by atomic mass is 19.4. The maximum Gasteiger partial charge on any atom is 0.573 e. The van der Waals surface area contributed by atoms with Crippen molar-refractivity contribution in [1.82, 2.24) is 4.90 Å². The van der Waals surface area contributed by atoms with E-state index in [9.17, 15) is 27.6 Å². The van der Waals surface area contributed by atoms with Gasteiger partial charge in [-0.25, -0.2) is 0 Å². The summed E-state index contributed by atoms with van der Waals surface area (Å²) in [6.45, 7) is 7.82. The molecule has 2 amide bonds. The number of rotatable bonds is 5. The highest BCUT2D eigenvalue weighted by molar-refractivity contribution is 5.95. The largest absolute Gasteiger partial charge is 0.573 e. The lowest BCUT2D eigenvalue weighted by Gasteiger charge is -2.35. The molecule has 1 aliphatic heterocycles. The van der Waals surface area contributed by atoms with Gasteiger partial charge in [-0.15, -0.1) is 13.2 Å². The molecule has 1 aromatic carbocycles. The van der Waals surface area contributed by atoms with E-state index in [1.807, 2.05) is 20.8 Å². The smallest absolute Gasteiger partial charge is 0.452 e. The summed E-state index contributed by atoms with van der Waals surface area (Å²) >= 11 is 0. The summed E-state index contributed by atoms with van der Waals surface area (Å²) < 4.78 is 45.6. The summed E-state index contributed by atoms with van der Waals surface area (Å²) in [5.41, 5.74) is -0.256. The van der Waals surface area contributed by atoms with Gasteiger partial charge in [0, 0.05) is 24.2 Å². The van der Waals surface area contributed by atoms with Gasteiger partial charge in [-0.2, -0.15) is 0 Å². The standard InChI is InChI=1S/C21H27F3N2O5/c1-13(17(27)25-15-5-7-16(8-6-15)31-21(22,23)24)30-18(28)14-9-11-26(12-10-14)19(29)20(2,3)4/h5-8,13-14H,9-12H2,1-4H3,(H,25,27)/t13-/m0/s1. The lowest BCUT2D eigenvalue weighted by atomic mass is 9.91. The Bertz CT molecular complexity index is 795. The molecule has 1 saturated heterocycles. The summed E-state index contributed by atoms with van der Waals surface area (Å²) in [5, 5.41) is 2.47. The van der Waals surface area contributed by atoms with E-state index in [-0.39, 0.29) is 11.6 Å². The number of piperidine rings is 1. The van der Waals surface area contributed by atoms with Crippen LogP contribution in [0.25, 0.3) is 0 Å². The molecule has 172 valence electrons. The molecule has 1 fully saturated rings. The van der Waals surface area contributed by atoms with Crippen LogP contribution in [0.4, 0.5) is 18.9 Å². The van der Waals surface area contributed by atoms with Crippen molar-refractivity contribution in [2.45, 2.75) is 53.0 Å². The van der Waals surface area contributed by atoms with E-state index in [1.165, 1.54) is 19.1 Å². The number of hydrogen-bond donors (Lipinski definition) is 1. The second-order valence-corrected chi connectivity index (χ2v) is 8.46. The van der Waals surface area contributed by atoms with Gasteiger partial charge in [0.2, 0.25) is 5.91 Å². The van der Waals surface area contributed by atoms with Crippen LogP contribution in [-0.4, -0.2) is 48.2 Å². The molecule has 0 aliphatic carbocycles. The van der Waals surface area contributed by atoms with Gasteiger partial charge in [-0.3, -0.25) is 14.4 Å². The number of carbonyl (C=O) groups excluding carboxylic acids is 3.